The van der Waals surface area contributed by atoms with E-state index in [1.165, 1.54) is 0 Å². The van der Waals surface area contributed by atoms with Crippen LogP contribution in [0.15, 0.2) is 4.52 Å². The van der Waals surface area contributed by atoms with Gasteiger partial charge < -0.3 is 14.7 Å². The molecule has 1 aliphatic heterocycles. The molecule has 24 heavy (non-hydrogen) atoms. The summed E-state index contributed by atoms with van der Waals surface area (Å²) in [7, 11) is 0. The number of carbonyl (C=O) groups excluding carboxylic acids is 2. The molecule has 2 rings (SSSR count). The lowest BCUT2D eigenvalue weighted by Crippen LogP contribution is -2.46. The zero-order valence-corrected chi connectivity index (χ0v) is 13.2. The Hall–Kier alpha value is -2.13. The normalized spacial score (nSPS) is 18.8. The van der Waals surface area contributed by atoms with Gasteiger partial charge in [-0.1, -0.05) is 12.1 Å². The second-order valence-electron chi connectivity index (χ2n) is 5.63. The highest BCUT2D eigenvalue weighted by atomic mass is 19.4. The molecule has 1 aromatic rings. The van der Waals surface area contributed by atoms with Crippen LogP contribution in [0.3, 0.4) is 0 Å². The van der Waals surface area contributed by atoms with Gasteiger partial charge in [0.05, 0.1) is 5.92 Å². The van der Waals surface area contributed by atoms with Crippen LogP contribution in [0.4, 0.5) is 13.2 Å². The maximum absolute atomic E-state index is 12.3. The summed E-state index contributed by atoms with van der Waals surface area (Å²) in [4.78, 5) is 28.7. The summed E-state index contributed by atoms with van der Waals surface area (Å²) in [6, 6.07) is 0. The highest BCUT2D eigenvalue weighted by Gasteiger charge is 2.38. The molecule has 0 aliphatic carbocycles. The smallest absolute Gasteiger partial charge is 0.355 e. The highest BCUT2D eigenvalue weighted by molar-refractivity contribution is 5.83. The highest BCUT2D eigenvalue weighted by Crippen LogP contribution is 2.27. The van der Waals surface area contributed by atoms with Crippen LogP contribution >= 0.6 is 0 Å². The van der Waals surface area contributed by atoms with Gasteiger partial charge in [-0.3, -0.25) is 9.59 Å². The largest absolute Gasteiger partial charge is 0.471 e. The van der Waals surface area contributed by atoms with Crippen molar-refractivity contribution in [2.45, 2.75) is 38.8 Å². The minimum Gasteiger partial charge on any atom is -0.355 e. The Bertz CT molecular complexity index is 588. The van der Waals surface area contributed by atoms with Gasteiger partial charge in [0.1, 0.15) is 0 Å². The number of amides is 2. The molecular formula is C14H19F3N4O3. The predicted octanol–water partition coefficient (Wildman–Crippen LogP) is 1.40. The van der Waals surface area contributed by atoms with E-state index >= 15 is 0 Å². The maximum Gasteiger partial charge on any atom is 0.471 e. The fourth-order valence-electron chi connectivity index (χ4n) is 2.53. The van der Waals surface area contributed by atoms with Gasteiger partial charge in [-0.25, -0.2) is 0 Å². The number of halogens is 3. The molecule has 0 spiro atoms. The number of rotatable bonds is 6. The molecule has 7 nitrogen and oxygen atoms in total. The number of nitrogens with one attached hydrogen (secondary N) is 1. The third-order valence-electron chi connectivity index (χ3n) is 3.72. The number of nitrogens with zero attached hydrogens (tertiary/aromatic N) is 3. The van der Waals surface area contributed by atoms with E-state index in [1.54, 1.807) is 4.90 Å². The first-order chi connectivity index (χ1) is 11.3. The average Bonchev–Trinajstić information content (AvgIpc) is 2.98. The van der Waals surface area contributed by atoms with Crippen LogP contribution < -0.4 is 5.32 Å². The first kappa shape index (κ1) is 18.2. The minimum atomic E-state index is -4.67. The molecule has 1 saturated heterocycles. The number of carbonyl (C=O) groups is 2. The van der Waals surface area contributed by atoms with Crippen LogP contribution in [0.2, 0.25) is 0 Å². The number of likely N-dealkylation sites (tertiary alicyclic amines) is 1. The molecule has 2 heterocycles. The zero-order valence-electron chi connectivity index (χ0n) is 13.2. The molecule has 0 aromatic carbocycles. The number of hydrogen-bond acceptors (Lipinski definition) is 5. The molecule has 1 atom stereocenters. The van der Waals surface area contributed by atoms with Crippen LogP contribution in [0.1, 0.15) is 37.9 Å². The van der Waals surface area contributed by atoms with E-state index in [4.69, 9.17) is 0 Å². The summed E-state index contributed by atoms with van der Waals surface area (Å²) in [5, 5.41) is 5.87. The van der Waals surface area contributed by atoms with Gasteiger partial charge in [-0.2, -0.15) is 18.2 Å². The van der Waals surface area contributed by atoms with Crippen molar-refractivity contribution in [3.63, 3.8) is 0 Å². The Kier molecular flexibility index (Phi) is 5.79. The summed E-state index contributed by atoms with van der Waals surface area (Å²) in [6.07, 6.45) is -3.01. The zero-order chi connectivity index (χ0) is 17.7. The summed E-state index contributed by atoms with van der Waals surface area (Å²) in [5.41, 5.74) is 0. The molecule has 2 amide bonds. The third-order valence-corrected chi connectivity index (χ3v) is 3.72. The van der Waals surface area contributed by atoms with Crippen molar-refractivity contribution in [2.24, 2.45) is 5.92 Å². The second-order valence-corrected chi connectivity index (χ2v) is 5.63. The number of alkyl halides is 3. The van der Waals surface area contributed by atoms with Gasteiger partial charge in [0.25, 0.3) is 0 Å². The monoisotopic (exact) mass is 348 g/mol. The standard InChI is InChI=1S/C14H19F3N4O3/c1-2-7-21-8-9(3-4-11(21)22)12(23)18-6-5-10-19-13(24-20-10)14(15,16)17/h9H,2-8H2,1H3,(H,18,23)/t9-/m0/s1. The molecule has 1 N–H and O–H groups in total. The van der Waals surface area contributed by atoms with E-state index in [9.17, 15) is 22.8 Å². The van der Waals surface area contributed by atoms with Crippen LogP contribution in [0.25, 0.3) is 0 Å². The lowest BCUT2D eigenvalue weighted by atomic mass is 9.96. The Labute approximate surface area is 136 Å². The summed E-state index contributed by atoms with van der Waals surface area (Å²) in [6.45, 7) is 3.05. The van der Waals surface area contributed by atoms with Gasteiger partial charge in [0, 0.05) is 32.5 Å². The van der Waals surface area contributed by atoms with Crippen molar-refractivity contribution in [1.82, 2.24) is 20.4 Å². The topological polar surface area (TPSA) is 88.3 Å². The van der Waals surface area contributed by atoms with Crippen molar-refractivity contribution >= 4 is 11.8 Å². The minimum absolute atomic E-state index is 0.0373. The fraction of sp³-hybridized carbons (Fsp3) is 0.714. The maximum atomic E-state index is 12.3. The Morgan fingerprint density at radius 1 is 1.46 bits per heavy atom. The quantitative estimate of drug-likeness (QED) is 0.839. The molecule has 134 valence electrons. The molecular weight excluding hydrogens is 329 g/mol. The van der Waals surface area contributed by atoms with Crippen LogP contribution in [0, 0.1) is 5.92 Å². The van der Waals surface area contributed by atoms with E-state index in [1.807, 2.05) is 6.92 Å². The van der Waals surface area contributed by atoms with E-state index in [0.29, 0.717) is 25.9 Å². The van der Waals surface area contributed by atoms with Crippen molar-refractivity contribution in [1.29, 1.82) is 0 Å². The average molecular weight is 348 g/mol. The van der Waals surface area contributed by atoms with Crippen molar-refractivity contribution in [3.8, 4) is 0 Å². The number of aromatic nitrogens is 2. The van der Waals surface area contributed by atoms with Crippen molar-refractivity contribution < 1.29 is 27.3 Å². The van der Waals surface area contributed by atoms with Gasteiger partial charge in [-0.15, -0.1) is 0 Å². The van der Waals surface area contributed by atoms with Crippen LogP contribution in [0.5, 0.6) is 0 Å². The van der Waals surface area contributed by atoms with E-state index in [2.05, 4.69) is 20.0 Å². The van der Waals surface area contributed by atoms with Crippen LogP contribution in [-0.4, -0.2) is 46.5 Å². The van der Waals surface area contributed by atoms with Gasteiger partial charge in [0.2, 0.25) is 11.8 Å². The van der Waals surface area contributed by atoms with E-state index in [-0.39, 0.29) is 36.5 Å². The molecule has 10 heteroatoms. The summed E-state index contributed by atoms with van der Waals surface area (Å²) < 4.78 is 41.1. The second kappa shape index (κ2) is 7.63. The Balaban J connectivity index is 1.79. The molecule has 0 radical (unpaired) electrons. The predicted molar refractivity (Wildman–Crippen MR) is 75.6 cm³/mol. The van der Waals surface area contributed by atoms with Crippen molar-refractivity contribution in [2.75, 3.05) is 19.6 Å². The number of piperidine rings is 1. The summed E-state index contributed by atoms with van der Waals surface area (Å²) in [5.74, 6) is -1.99. The molecule has 0 bridgehead atoms. The van der Waals surface area contributed by atoms with Gasteiger partial charge in [-0.05, 0) is 12.8 Å². The first-order valence-corrected chi connectivity index (χ1v) is 7.76. The molecule has 0 saturated carbocycles. The molecule has 1 fully saturated rings. The Morgan fingerprint density at radius 2 is 2.21 bits per heavy atom. The summed E-state index contributed by atoms with van der Waals surface area (Å²) >= 11 is 0. The molecule has 1 aromatic heterocycles. The van der Waals surface area contributed by atoms with E-state index in [0.717, 1.165) is 6.42 Å². The Morgan fingerprint density at radius 3 is 2.83 bits per heavy atom. The number of hydrogen-bond donors (Lipinski definition) is 1. The van der Waals surface area contributed by atoms with Gasteiger partial charge in [0.15, 0.2) is 5.82 Å². The third kappa shape index (κ3) is 4.68. The lowest BCUT2D eigenvalue weighted by Gasteiger charge is -2.31. The molecule has 1 aliphatic rings. The lowest BCUT2D eigenvalue weighted by molar-refractivity contribution is -0.159. The van der Waals surface area contributed by atoms with Gasteiger partial charge >= 0.3 is 12.1 Å². The molecule has 0 unspecified atom stereocenters. The SMILES string of the molecule is CCCN1C[C@@H](C(=O)NCCc2noc(C(F)(F)F)n2)CCC1=O. The fourth-order valence-corrected chi connectivity index (χ4v) is 2.53. The van der Waals surface area contributed by atoms with Crippen molar-refractivity contribution in [3.05, 3.63) is 11.7 Å². The van der Waals surface area contributed by atoms with Crippen LogP contribution in [-0.2, 0) is 22.2 Å². The first-order valence-electron chi connectivity index (χ1n) is 7.76. The van der Waals surface area contributed by atoms with E-state index < -0.39 is 12.1 Å².